The molecule has 6 rings (SSSR count). The Balaban J connectivity index is 1.95. The maximum atomic E-state index is 14.2. The Morgan fingerprint density at radius 2 is 1.39 bits per heavy atom. The number of aliphatic hydroxyl groups is 1. The van der Waals surface area contributed by atoms with Gasteiger partial charge in [0.15, 0.2) is 5.75 Å². The molecule has 1 aliphatic rings. The van der Waals surface area contributed by atoms with Crippen molar-refractivity contribution >= 4 is 54.9 Å². The number of hydrogen-bond acceptors (Lipinski definition) is 10. The van der Waals surface area contributed by atoms with Gasteiger partial charge in [0.1, 0.15) is 23.0 Å². The van der Waals surface area contributed by atoms with Gasteiger partial charge in [-0.25, -0.2) is 0 Å². The van der Waals surface area contributed by atoms with Crippen LogP contribution in [-0.4, -0.2) is 63.0 Å². The normalized spacial score (nSPS) is 13.0. The monoisotopic (exact) mass is 559 g/mol. The van der Waals surface area contributed by atoms with Gasteiger partial charge in [0.05, 0.1) is 57.6 Å². The van der Waals surface area contributed by atoms with E-state index in [1.165, 1.54) is 33.5 Å². The van der Waals surface area contributed by atoms with Crippen molar-refractivity contribution in [3.8, 4) is 28.7 Å². The van der Waals surface area contributed by atoms with E-state index in [9.17, 15) is 19.8 Å². The van der Waals surface area contributed by atoms with E-state index in [0.717, 1.165) is 5.57 Å². The Bertz CT molecular complexity index is 2020. The number of rotatable bonds is 9. The minimum Gasteiger partial charge on any atom is -0.507 e. The molecule has 212 valence electrons. The summed E-state index contributed by atoms with van der Waals surface area (Å²) in [7, 11) is 4.33. The smallest absolute Gasteiger partial charge is 0.232 e. The summed E-state index contributed by atoms with van der Waals surface area (Å²) in [5, 5.41) is 37.8. The molecule has 10 nitrogen and oxygen atoms in total. The van der Waals surface area contributed by atoms with Gasteiger partial charge in [-0.2, -0.15) is 0 Å². The predicted molar refractivity (Wildman–Crippen MR) is 158 cm³/mol. The second kappa shape index (κ2) is 9.83. The Morgan fingerprint density at radius 1 is 0.780 bits per heavy atom. The molecule has 0 saturated carbocycles. The third kappa shape index (κ3) is 3.64. The van der Waals surface area contributed by atoms with Crippen LogP contribution in [0.3, 0.4) is 0 Å². The molecular formula is C31H29NO9. The number of hydrogen-bond donors (Lipinski definition) is 4. The second-order valence-electron chi connectivity index (χ2n) is 10.1. The summed E-state index contributed by atoms with van der Waals surface area (Å²) in [6.07, 6.45) is 2.24. The number of aromatic hydroxyl groups is 2. The highest BCUT2D eigenvalue weighted by Gasteiger charge is 2.32. The van der Waals surface area contributed by atoms with Crippen molar-refractivity contribution in [3.63, 3.8) is 0 Å². The summed E-state index contributed by atoms with van der Waals surface area (Å²) in [6.45, 7) is 2.44. The Hall–Kier alpha value is -4.54. The number of ether oxygens (including phenoxy) is 4. The average Bonchev–Trinajstić information content (AvgIpc) is 3.10. The first kappa shape index (κ1) is 26.7. The summed E-state index contributed by atoms with van der Waals surface area (Å²) >= 11 is 0. The van der Waals surface area contributed by atoms with Gasteiger partial charge in [0.25, 0.3) is 0 Å². The van der Waals surface area contributed by atoms with E-state index >= 15 is 0 Å². The highest BCUT2D eigenvalue weighted by Crippen LogP contribution is 2.54. The number of anilines is 1. The van der Waals surface area contributed by atoms with Gasteiger partial charge in [-0.1, -0.05) is 11.6 Å². The fourth-order valence-corrected chi connectivity index (χ4v) is 6.32. The topological polar surface area (TPSA) is 144 Å². The average molecular weight is 560 g/mol. The molecule has 1 aliphatic carbocycles. The first-order valence-electron chi connectivity index (χ1n) is 13.1. The van der Waals surface area contributed by atoms with E-state index in [0.29, 0.717) is 49.9 Å². The van der Waals surface area contributed by atoms with Gasteiger partial charge in [-0.3, -0.25) is 9.59 Å². The van der Waals surface area contributed by atoms with Crippen LogP contribution in [0.15, 0.2) is 27.3 Å². The van der Waals surface area contributed by atoms with Gasteiger partial charge in [0, 0.05) is 56.7 Å². The van der Waals surface area contributed by atoms with Gasteiger partial charge in [0.2, 0.25) is 10.9 Å². The molecule has 0 saturated heterocycles. The molecule has 0 aromatic heterocycles. The largest absolute Gasteiger partial charge is 0.507 e. The Kier molecular flexibility index (Phi) is 6.39. The van der Waals surface area contributed by atoms with Crippen LogP contribution in [0, 0.1) is 0 Å². The number of nitrogens with one attached hydrogen (secondary N) is 1. The Labute approximate surface area is 233 Å². The SMILES string of the molecule is COc1c2c3c4c(c(NCCOCCO)c(=O)c5c(O)cc(OC)c(c6c(OC)cc(O)c(c1=O)c63)c54)C=C(C)C2. The highest BCUT2D eigenvalue weighted by atomic mass is 16.5. The minimum absolute atomic E-state index is 0.0638. The highest BCUT2D eigenvalue weighted by molar-refractivity contribution is 6.39. The van der Waals surface area contributed by atoms with Crippen molar-refractivity contribution in [1.82, 2.24) is 0 Å². The maximum absolute atomic E-state index is 14.2. The lowest BCUT2D eigenvalue weighted by molar-refractivity contribution is 0.0992. The van der Waals surface area contributed by atoms with Crippen LogP contribution in [0.25, 0.3) is 49.2 Å². The molecule has 0 spiro atoms. The van der Waals surface area contributed by atoms with E-state index in [2.05, 4.69) is 5.32 Å². The molecule has 5 aromatic rings. The summed E-state index contributed by atoms with van der Waals surface area (Å²) in [5.41, 5.74) is 1.43. The molecule has 0 amide bonds. The van der Waals surface area contributed by atoms with Gasteiger partial charge in [-0.05, 0) is 18.7 Å². The molecule has 4 N–H and O–H groups in total. The molecule has 0 heterocycles. The molecule has 0 fully saturated rings. The third-order valence-corrected chi connectivity index (χ3v) is 7.82. The lowest BCUT2D eigenvalue weighted by Crippen LogP contribution is -2.19. The molecule has 41 heavy (non-hydrogen) atoms. The molecule has 0 radical (unpaired) electrons. The molecule has 0 atom stereocenters. The molecule has 0 aliphatic heterocycles. The number of phenols is 2. The van der Waals surface area contributed by atoms with Crippen LogP contribution in [-0.2, 0) is 11.2 Å². The van der Waals surface area contributed by atoms with Crippen LogP contribution >= 0.6 is 0 Å². The van der Waals surface area contributed by atoms with Crippen molar-refractivity contribution < 1.29 is 34.3 Å². The number of aliphatic hydroxyl groups excluding tert-OH is 1. The fraction of sp³-hybridized carbons (Fsp3) is 0.290. The van der Waals surface area contributed by atoms with E-state index in [4.69, 9.17) is 24.1 Å². The van der Waals surface area contributed by atoms with Crippen LogP contribution in [0.1, 0.15) is 18.1 Å². The van der Waals surface area contributed by atoms with Crippen molar-refractivity contribution in [2.75, 3.05) is 53.0 Å². The van der Waals surface area contributed by atoms with Crippen molar-refractivity contribution in [2.45, 2.75) is 13.3 Å². The van der Waals surface area contributed by atoms with E-state index in [1.807, 2.05) is 13.0 Å². The van der Waals surface area contributed by atoms with Crippen LogP contribution in [0.2, 0.25) is 0 Å². The zero-order valence-electron chi connectivity index (χ0n) is 23.1. The quantitative estimate of drug-likeness (QED) is 0.120. The van der Waals surface area contributed by atoms with Crippen molar-refractivity contribution in [1.29, 1.82) is 0 Å². The lowest BCUT2D eigenvalue weighted by atomic mass is 9.83. The predicted octanol–water partition coefficient (Wildman–Crippen LogP) is 3.71. The van der Waals surface area contributed by atoms with Gasteiger partial charge >= 0.3 is 0 Å². The number of phenolic OH excluding ortho intramolecular Hbond substituents is 2. The van der Waals surface area contributed by atoms with Crippen LogP contribution < -0.4 is 30.4 Å². The van der Waals surface area contributed by atoms with E-state index in [-0.39, 0.29) is 71.6 Å². The van der Waals surface area contributed by atoms with Crippen LogP contribution in [0.5, 0.6) is 28.7 Å². The summed E-state index contributed by atoms with van der Waals surface area (Å²) < 4.78 is 22.5. The minimum atomic E-state index is -0.462. The summed E-state index contributed by atoms with van der Waals surface area (Å²) in [4.78, 5) is 28.0. The zero-order valence-corrected chi connectivity index (χ0v) is 23.1. The van der Waals surface area contributed by atoms with E-state index < -0.39 is 10.9 Å². The summed E-state index contributed by atoms with van der Waals surface area (Å²) in [5.74, 6) is 0.134. The van der Waals surface area contributed by atoms with Crippen molar-refractivity contribution in [2.24, 2.45) is 0 Å². The first-order chi connectivity index (χ1) is 19.8. The second-order valence-corrected chi connectivity index (χ2v) is 10.1. The maximum Gasteiger partial charge on any atom is 0.232 e. The Morgan fingerprint density at radius 3 is 1.98 bits per heavy atom. The lowest BCUT2D eigenvalue weighted by Gasteiger charge is -2.23. The molecule has 10 heteroatoms. The molecule has 5 aromatic carbocycles. The van der Waals surface area contributed by atoms with Gasteiger partial charge < -0.3 is 39.6 Å². The molecule has 0 bridgehead atoms. The third-order valence-electron chi connectivity index (χ3n) is 7.82. The molecular weight excluding hydrogens is 530 g/mol. The van der Waals surface area contributed by atoms with Gasteiger partial charge in [-0.15, -0.1) is 0 Å². The fourth-order valence-electron chi connectivity index (χ4n) is 6.32. The number of methoxy groups -OCH3 is 3. The summed E-state index contributed by atoms with van der Waals surface area (Å²) in [6, 6.07) is 2.75. The van der Waals surface area contributed by atoms with E-state index in [1.54, 1.807) is 0 Å². The number of allylic oxidation sites excluding steroid dienone is 1. The first-order valence-corrected chi connectivity index (χ1v) is 13.1. The van der Waals surface area contributed by atoms with Crippen LogP contribution in [0.4, 0.5) is 5.69 Å². The molecule has 0 unspecified atom stereocenters. The number of benzene rings is 5. The number of fused-ring (bicyclic) bond motifs is 1. The zero-order chi connectivity index (χ0) is 29.2. The standard InChI is InChI=1S/C31H29NO9/c1-13-9-14-20-21-15(10-13)31(40-4)30(37)23-17(35)12-19(39-3)25(27(21)23)24-18(38-2)11-16(34)22(26(20)24)29(36)28(14)32-5-7-41-8-6-33/h9,11-12,32-35H,5-8,10H2,1-4H3. The van der Waals surface area contributed by atoms with Crippen molar-refractivity contribution in [3.05, 3.63) is 49.3 Å².